The molecular formula is C13H18N2O. The van der Waals surface area contributed by atoms with Gasteiger partial charge in [-0.3, -0.25) is 0 Å². The Hall–Kier alpha value is -1.69. The summed E-state index contributed by atoms with van der Waals surface area (Å²) < 4.78 is 5.72. The van der Waals surface area contributed by atoms with Crippen molar-refractivity contribution in [1.29, 1.82) is 5.26 Å². The molecule has 0 radical (unpaired) electrons. The molecule has 0 saturated carbocycles. The highest BCUT2D eigenvalue weighted by Crippen LogP contribution is 2.23. The molecule has 0 amide bonds. The van der Waals surface area contributed by atoms with Gasteiger partial charge in [0.1, 0.15) is 11.8 Å². The van der Waals surface area contributed by atoms with E-state index in [2.05, 4.69) is 19.9 Å². The summed E-state index contributed by atoms with van der Waals surface area (Å²) in [5, 5.41) is 8.95. The van der Waals surface area contributed by atoms with Gasteiger partial charge in [-0.1, -0.05) is 13.8 Å². The minimum Gasteiger partial charge on any atom is -0.489 e. The maximum atomic E-state index is 8.95. The van der Waals surface area contributed by atoms with Crippen LogP contribution < -0.4 is 10.5 Å². The van der Waals surface area contributed by atoms with Gasteiger partial charge in [-0.15, -0.1) is 0 Å². The van der Waals surface area contributed by atoms with Crippen molar-refractivity contribution in [3.8, 4) is 11.8 Å². The number of nitrogens with two attached hydrogens (primary N) is 1. The van der Waals surface area contributed by atoms with E-state index in [4.69, 9.17) is 15.7 Å². The zero-order valence-electron chi connectivity index (χ0n) is 10.0. The van der Waals surface area contributed by atoms with Gasteiger partial charge in [-0.05, 0) is 37.5 Å². The van der Waals surface area contributed by atoms with Crippen LogP contribution in [0.4, 0.5) is 5.69 Å². The SMILES string of the molecule is CC(C)CC(C)Oc1ccc(N)cc1C#N. The molecule has 0 heterocycles. The van der Waals surface area contributed by atoms with Crippen LogP contribution in [0.3, 0.4) is 0 Å². The van der Waals surface area contributed by atoms with Crippen molar-refractivity contribution in [2.24, 2.45) is 5.92 Å². The summed E-state index contributed by atoms with van der Waals surface area (Å²) in [4.78, 5) is 0. The summed E-state index contributed by atoms with van der Waals surface area (Å²) >= 11 is 0. The zero-order valence-corrected chi connectivity index (χ0v) is 10.0. The Balaban J connectivity index is 2.77. The van der Waals surface area contributed by atoms with Crippen LogP contribution in [0.2, 0.25) is 0 Å². The Kier molecular flexibility index (Phi) is 4.19. The van der Waals surface area contributed by atoms with Crippen LogP contribution in [0.25, 0.3) is 0 Å². The molecule has 2 N–H and O–H groups in total. The van der Waals surface area contributed by atoms with E-state index in [0.29, 0.717) is 22.9 Å². The standard InChI is InChI=1S/C13H18N2O/c1-9(2)6-10(3)16-13-5-4-12(15)7-11(13)8-14/h4-5,7,9-10H,6,15H2,1-3H3. The third-order valence-corrected chi connectivity index (χ3v) is 2.26. The van der Waals surface area contributed by atoms with Crippen molar-refractivity contribution in [3.05, 3.63) is 23.8 Å². The third-order valence-electron chi connectivity index (χ3n) is 2.26. The van der Waals surface area contributed by atoms with Gasteiger partial charge in [0.05, 0.1) is 11.7 Å². The van der Waals surface area contributed by atoms with Crippen LogP contribution in [-0.4, -0.2) is 6.10 Å². The Morgan fingerprint density at radius 2 is 2.06 bits per heavy atom. The summed E-state index contributed by atoms with van der Waals surface area (Å²) in [5.74, 6) is 1.19. The monoisotopic (exact) mass is 218 g/mol. The molecule has 0 aromatic heterocycles. The lowest BCUT2D eigenvalue weighted by atomic mass is 10.1. The number of hydrogen-bond donors (Lipinski definition) is 1. The molecule has 0 bridgehead atoms. The fourth-order valence-electron chi connectivity index (χ4n) is 1.67. The van der Waals surface area contributed by atoms with Gasteiger partial charge in [0.25, 0.3) is 0 Å². The van der Waals surface area contributed by atoms with E-state index in [0.717, 1.165) is 6.42 Å². The van der Waals surface area contributed by atoms with E-state index < -0.39 is 0 Å². The fraction of sp³-hybridized carbons (Fsp3) is 0.462. The quantitative estimate of drug-likeness (QED) is 0.790. The van der Waals surface area contributed by atoms with E-state index in [9.17, 15) is 0 Å². The number of nitrogens with zero attached hydrogens (tertiary/aromatic N) is 1. The Morgan fingerprint density at radius 1 is 1.38 bits per heavy atom. The number of ether oxygens (including phenoxy) is 1. The van der Waals surface area contributed by atoms with Crippen molar-refractivity contribution in [1.82, 2.24) is 0 Å². The summed E-state index contributed by atoms with van der Waals surface area (Å²) in [6.07, 6.45) is 1.07. The van der Waals surface area contributed by atoms with Crippen LogP contribution >= 0.6 is 0 Å². The smallest absolute Gasteiger partial charge is 0.137 e. The number of benzene rings is 1. The summed E-state index contributed by atoms with van der Waals surface area (Å²) in [6, 6.07) is 7.23. The lowest BCUT2D eigenvalue weighted by Crippen LogP contribution is -2.15. The first kappa shape index (κ1) is 12.4. The molecule has 1 atom stereocenters. The highest BCUT2D eigenvalue weighted by molar-refractivity contribution is 5.53. The molecule has 0 saturated heterocycles. The van der Waals surface area contributed by atoms with Crippen molar-refractivity contribution in [2.75, 3.05) is 5.73 Å². The van der Waals surface area contributed by atoms with Gasteiger partial charge in [-0.2, -0.15) is 5.26 Å². The predicted octanol–water partition coefficient (Wildman–Crippen LogP) is 2.95. The predicted molar refractivity (Wildman–Crippen MR) is 65.1 cm³/mol. The second-order valence-electron chi connectivity index (χ2n) is 4.43. The molecule has 0 aliphatic carbocycles. The number of hydrogen-bond acceptors (Lipinski definition) is 3. The lowest BCUT2D eigenvalue weighted by Gasteiger charge is -2.17. The largest absolute Gasteiger partial charge is 0.489 e. The van der Waals surface area contributed by atoms with Gasteiger partial charge in [0.2, 0.25) is 0 Å². The van der Waals surface area contributed by atoms with E-state index in [1.807, 2.05) is 6.92 Å². The van der Waals surface area contributed by atoms with Crippen molar-refractivity contribution in [3.63, 3.8) is 0 Å². The Morgan fingerprint density at radius 3 is 2.62 bits per heavy atom. The van der Waals surface area contributed by atoms with Crippen LogP contribution in [0, 0.1) is 17.2 Å². The zero-order chi connectivity index (χ0) is 12.1. The first-order valence-corrected chi connectivity index (χ1v) is 5.49. The average molecular weight is 218 g/mol. The molecular weight excluding hydrogens is 200 g/mol. The van der Waals surface area contributed by atoms with Gasteiger partial charge >= 0.3 is 0 Å². The number of nitriles is 1. The van der Waals surface area contributed by atoms with Crippen molar-refractivity contribution >= 4 is 5.69 Å². The second kappa shape index (κ2) is 5.41. The van der Waals surface area contributed by atoms with Crippen LogP contribution in [0.15, 0.2) is 18.2 Å². The van der Waals surface area contributed by atoms with Gasteiger partial charge in [0, 0.05) is 5.69 Å². The summed E-state index contributed by atoms with van der Waals surface area (Å²) in [5.41, 5.74) is 6.69. The van der Waals surface area contributed by atoms with E-state index in [1.54, 1.807) is 18.2 Å². The Bertz CT molecular complexity index is 393. The molecule has 1 rings (SSSR count). The highest BCUT2D eigenvalue weighted by Gasteiger charge is 2.10. The van der Waals surface area contributed by atoms with Crippen molar-refractivity contribution in [2.45, 2.75) is 33.3 Å². The van der Waals surface area contributed by atoms with Crippen LogP contribution in [0.5, 0.6) is 5.75 Å². The van der Waals surface area contributed by atoms with E-state index >= 15 is 0 Å². The first-order valence-electron chi connectivity index (χ1n) is 5.49. The molecule has 0 aliphatic rings. The van der Waals surface area contributed by atoms with Gasteiger partial charge in [-0.25, -0.2) is 0 Å². The first-order chi connectivity index (χ1) is 7.52. The normalized spacial score (nSPS) is 12.2. The van der Waals surface area contributed by atoms with E-state index in [-0.39, 0.29) is 6.10 Å². The molecule has 86 valence electrons. The molecule has 1 aromatic rings. The molecule has 0 aliphatic heterocycles. The molecule has 1 unspecified atom stereocenters. The minimum absolute atomic E-state index is 0.107. The third kappa shape index (κ3) is 3.47. The van der Waals surface area contributed by atoms with Crippen molar-refractivity contribution < 1.29 is 4.74 Å². The fourth-order valence-corrected chi connectivity index (χ4v) is 1.67. The lowest BCUT2D eigenvalue weighted by molar-refractivity contribution is 0.193. The molecule has 0 spiro atoms. The van der Waals surface area contributed by atoms with Crippen LogP contribution in [0.1, 0.15) is 32.8 Å². The maximum Gasteiger partial charge on any atom is 0.137 e. The molecule has 3 nitrogen and oxygen atoms in total. The van der Waals surface area contributed by atoms with Gasteiger partial charge in [0.15, 0.2) is 0 Å². The average Bonchev–Trinajstić information content (AvgIpc) is 2.19. The number of rotatable bonds is 4. The molecule has 3 heteroatoms. The number of nitrogen functional groups attached to an aromatic ring is 1. The molecule has 0 fully saturated rings. The minimum atomic E-state index is 0.107. The molecule has 16 heavy (non-hydrogen) atoms. The number of anilines is 1. The summed E-state index contributed by atoms with van der Waals surface area (Å²) in [6.45, 7) is 6.31. The van der Waals surface area contributed by atoms with Gasteiger partial charge < -0.3 is 10.5 Å². The topological polar surface area (TPSA) is 59.0 Å². The second-order valence-corrected chi connectivity index (χ2v) is 4.43. The highest BCUT2D eigenvalue weighted by atomic mass is 16.5. The van der Waals surface area contributed by atoms with Crippen LogP contribution in [-0.2, 0) is 0 Å². The maximum absolute atomic E-state index is 8.95. The molecule has 1 aromatic carbocycles. The van der Waals surface area contributed by atoms with E-state index in [1.165, 1.54) is 0 Å². The Labute approximate surface area is 96.8 Å². The summed E-state index contributed by atoms with van der Waals surface area (Å²) in [7, 11) is 0.